The number of methoxy groups -OCH3 is 1. The van der Waals surface area contributed by atoms with Gasteiger partial charge in [-0.1, -0.05) is 47.6 Å². The number of carbonyl (C=O) groups excluding carboxylic acids is 1. The lowest BCUT2D eigenvalue weighted by Crippen LogP contribution is -2.53. The van der Waals surface area contributed by atoms with Gasteiger partial charge in [0.15, 0.2) is 11.7 Å². The second-order valence-corrected chi connectivity index (χ2v) is 9.21. The van der Waals surface area contributed by atoms with Gasteiger partial charge in [-0.05, 0) is 64.3 Å². The number of nitrogens with one attached hydrogen (secondary N) is 1. The maximum atomic E-state index is 12.9. The Hall–Kier alpha value is -2.89. The summed E-state index contributed by atoms with van der Waals surface area (Å²) in [6.07, 6.45) is 6.86. The van der Waals surface area contributed by atoms with Crippen LogP contribution in [0.2, 0.25) is 0 Å². The highest BCUT2D eigenvalue weighted by Crippen LogP contribution is 2.50. The molecule has 5 nitrogen and oxygen atoms in total. The zero-order valence-corrected chi connectivity index (χ0v) is 19.4. The molecule has 2 aromatic carbocycles. The van der Waals surface area contributed by atoms with E-state index in [9.17, 15) is 9.90 Å². The van der Waals surface area contributed by atoms with E-state index in [1.165, 1.54) is 12.7 Å². The van der Waals surface area contributed by atoms with E-state index in [0.29, 0.717) is 22.6 Å². The third-order valence-corrected chi connectivity index (χ3v) is 6.32. The summed E-state index contributed by atoms with van der Waals surface area (Å²) in [5, 5.41) is 15.1. The van der Waals surface area contributed by atoms with Crippen LogP contribution in [0.5, 0.6) is 5.75 Å². The summed E-state index contributed by atoms with van der Waals surface area (Å²) in [5.41, 5.74) is 2.61. The van der Waals surface area contributed by atoms with Crippen molar-refractivity contribution in [2.75, 3.05) is 12.4 Å². The van der Waals surface area contributed by atoms with Crippen LogP contribution in [0.4, 0.5) is 5.69 Å². The SMILES string of the molecule is CO[C@@H]1C(=O)Nc2ccc3c(c2[C@@]1(O)c1ccc(C)cc1)O[C@@](C)(CCC=C(C)C)C=C3. The maximum absolute atomic E-state index is 12.9. The molecule has 2 aliphatic rings. The monoisotopic (exact) mass is 433 g/mol. The number of fused-ring (bicyclic) bond motifs is 3. The molecule has 0 radical (unpaired) electrons. The van der Waals surface area contributed by atoms with E-state index >= 15 is 0 Å². The van der Waals surface area contributed by atoms with Crippen LogP contribution in [0.1, 0.15) is 55.9 Å². The van der Waals surface area contributed by atoms with Gasteiger partial charge in [0, 0.05) is 12.7 Å². The minimum atomic E-state index is -1.70. The van der Waals surface area contributed by atoms with E-state index in [0.717, 1.165) is 24.0 Å². The lowest BCUT2D eigenvalue weighted by molar-refractivity contribution is -0.142. The Balaban J connectivity index is 1.87. The van der Waals surface area contributed by atoms with Gasteiger partial charge in [-0.2, -0.15) is 0 Å². The average Bonchev–Trinajstić information content (AvgIpc) is 2.73. The van der Waals surface area contributed by atoms with Gasteiger partial charge >= 0.3 is 0 Å². The Morgan fingerprint density at radius 2 is 1.94 bits per heavy atom. The van der Waals surface area contributed by atoms with E-state index in [1.807, 2.05) is 56.3 Å². The minimum absolute atomic E-state index is 0.388. The number of aliphatic hydroxyl groups is 1. The molecular weight excluding hydrogens is 402 g/mol. The van der Waals surface area contributed by atoms with Crippen LogP contribution in [-0.4, -0.2) is 29.8 Å². The fourth-order valence-electron chi connectivity index (χ4n) is 4.54. The summed E-state index contributed by atoms with van der Waals surface area (Å²) in [6.45, 7) is 8.20. The summed E-state index contributed by atoms with van der Waals surface area (Å²) in [5.74, 6) is 0.190. The summed E-state index contributed by atoms with van der Waals surface area (Å²) in [7, 11) is 1.44. The molecule has 0 spiro atoms. The highest BCUT2D eigenvalue weighted by atomic mass is 16.5. The van der Waals surface area contributed by atoms with Crippen LogP contribution in [0.3, 0.4) is 0 Å². The van der Waals surface area contributed by atoms with Crippen LogP contribution in [0.15, 0.2) is 54.1 Å². The number of anilines is 1. The number of hydrogen-bond donors (Lipinski definition) is 2. The van der Waals surface area contributed by atoms with Crippen molar-refractivity contribution in [1.82, 2.24) is 0 Å². The highest BCUT2D eigenvalue weighted by molar-refractivity contribution is 6.00. The molecule has 168 valence electrons. The van der Waals surface area contributed by atoms with E-state index in [-0.39, 0.29) is 5.91 Å². The van der Waals surface area contributed by atoms with E-state index in [1.54, 1.807) is 0 Å². The number of ether oxygens (including phenoxy) is 2. The molecular formula is C27H31NO4. The van der Waals surface area contributed by atoms with Crippen molar-refractivity contribution in [3.05, 3.63) is 76.4 Å². The molecule has 2 aromatic rings. The molecule has 0 bridgehead atoms. The average molecular weight is 434 g/mol. The van der Waals surface area contributed by atoms with Gasteiger partial charge in [0.05, 0.1) is 11.3 Å². The third kappa shape index (κ3) is 3.76. The molecule has 2 heterocycles. The van der Waals surface area contributed by atoms with Gasteiger partial charge in [0.2, 0.25) is 0 Å². The second kappa shape index (κ2) is 8.23. The topological polar surface area (TPSA) is 67.8 Å². The Bertz CT molecular complexity index is 1100. The number of benzene rings is 2. The first-order valence-electron chi connectivity index (χ1n) is 11.0. The predicted octanol–water partition coefficient (Wildman–Crippen LogP) is 5.11. The van der Waals surface area contributed by atoms with E-state index in [4.69, 9.17) is 9.47 Å². The predicted molar refractivity (Wildman–Crippen MR) is 127 cm³/mol. The van der Waals surface area contributed by atoms with Gasteiger partial charge in [-0.3, -0.25) is 4.79 Å². The highest BCUT2D eigenvalue weighted by Gasteiger charge is 2.52. The Labute approximate surface area is 189 Å². The Kier molecular flexibility index (Phi) is 5.74. The Morgan fingerprint density at radius 3 is 2.59 bits per heavy atom. The smallest absolute Gasteiger partial charge is 0.257 e. The van der Waals surface area contributed by atoms with Gasteiger partial charge in [0.1, 0.15) is 11.4 Å². The molecule has 1 amide bonds. The third-order valence-electron chi connectivity index (χ3n) is 6.32. The summed E-state index contributed by atoms with van der Waals surface area (Å²) >= 11 is 0. The van der Waals surface area contributed by atoms with E-state index in [2.05, 4.69) is 31.3 Å². The maximum Gasteiger partial charge on any atom is 0.257 e. The van der Waals surface area contributed by atoms with Crippen LogP contribution in [-0.2, 0) is 15.1 Å². The van der Waals surface area contributed by atoms with Gasteiger partial charge in [-0.15, -0.1) is 0 Å². The standard InChI is InChI=1S/C27H31NO4/c1-17(2)7-6-15-26(4)16-14-19-10-13-21-22(23(19)32-26)27(30,24(31-5)25(29)28-21)20-11-8-18(3)9-12-20/h7-14,16,24,30H,6,15H2,1-5H3,(H,28,29)/t24-,26+,27+/m1/s1. The molecule has 2 aliphatic heterocycles. The van der Waals surface area contributed by atoms with Crippen molar-refractivity contribution in [3.63, 3.8) is 0 Å². The Morgan fingerprint density at radius 1 is 1.22 bits per heavy atom. The first kappa shape index (κ1) is 22.3. The second-order valence-electron chi connectivity index (χ2n) is 9.21. The largest absolute Gasteiger partial charge is 0.482 e. The van der Waals surface area contributed by atoms with Crippen molar-refractivity contribution >= 4 is 17.7 Å². The normalized spacial score (nSPS) is 25.9. The van der Waals surface area contributed by atoms with Gasteiger partial charge in [-0.25, -0.2) is 0 Å². The molecule has 4 rings (SSSR count). The number of rotatable bonds is 5. The lowest BCUT2D eigenvalue weighted by Gasteiger charge is -2.43. The van der Waals surface area contributed by atoms with Crippen LogP contribution < -0.4 is 10.1 Å². The fourth-order valence-corrected chi connectivity index (χ4v) is 4.54. The lowest BCUT2D eigenvalue weighted by atomic mass is 9.76. The molecule has 5 heteroatoms. The summed E-state index contributed by atoms with van der Waals surface area (Å²) in [4.78, 5) is 12.9. The number of hydrogen-bond acceptors (Lipinski definition) is 4. The molecule has 32 heavy (non-hydrogen) atoms. The zero-order chi connectivity index (χ0) is 23.1. The molecule has 0 aromatic heterocycles. The van der Waals surface area contributed by atoms with Gasteiger partial charge in [0.25, 0.3) is 5.91 Å². The van der Waals surface area contributed by atoms with Gasteiger partial charge < -0.3 is 19.9 Å². The van der Waals surface area contributed by atoms with E-state index < -0.39 is 17.3 Å². The van der Waals surface area contributed by atoms with Crippen molar-refractivity contribution < 1.29 is 19.4 Å². The first-order valence-corrected chi connectivity index (χ1v) is 11.0. The van der Waals surface area contributed by atoms with Crippen molar-refractivity contribution in [2.24, 2.45) is 0 Å². The number of amides is 1. The minimum Gasteiger partial charge on any atom is -0.482 e. The van der Waals surface area contributed by atoms with Crippen molar-refractivity contribution in [1.29, 1.82) is 0 Å². The number of allylic oxidation sites excluding steroid dienone is 2. The van der Waals surface area contributed by atoms with Crippen LogP contribution in [0.25, 0.3) is 6.08 Å². The molecule has 0 fully saturated rings. The van der Waals surface area contributed by atoms with Crippen molar-refractivity contribution in [3.8, 4) is 5.75 Å². The zero-order valence-electron chi connectivity index (χ0n) is 19.4. The molecule has 3 atom stereocenters. The van der Waals surface area contributed by atoms with Crippen LogP contribution >= 0.6 is 0 Å². The molecule has 0 saturated carbocycles. The molecule has 0 aliphatic carbocycles. The van der Waals surface area contributed by atoms with Crippen molar-refractivity contribution in [2.45, 2.75) is 57.8 Å². The van der Waals surface area contributed by atoms with Crippen LogP contribution in [0, 0.1) is 6.92 Å². The summed E-state index contributed by atoms with van der Waals surface area (Å²) in [6, 6.07) is 11.3. The molecule has 2 N–H and O–H groups in total. The number of aryl methyl sites for hydroxylation is 1. The molecule has 0 unspecified atom stereocenters. The summed E-state index contributed by atoms with van der Waals surface area (Å²) < 4.78 is 12.1. The number of carbonyl (C=O) groups is 1. The first-order chi connectivity index (χ1) is 15.2. The fraction of sp³-hybridized carbons (Fsp3) is 0.370. The quantitative estimate of drug-likeness (QED) is 0.643. The molecule has 0 saturated heterocycles.